The van der Waals surface area contributed by atoms with Crippen molar-refractivity contribution in [2.45, 2.75) is 6.54 Å². The Hall–Kier alpha value is -1.70. The van der Waals surface area contributed by atoms with Crippen molar-refractivity contribution in [2.24, 2.45) is 0 Å². The van der Waals surface area contributed by atoms with E-state index in [1.54, 1.807) is 0 Å². The van der Waals surface area contributed by atoms with E-state index in [-0.39, 0.29) is 12.3 Å². The van der Waals surface area contributed by atoms with Crippen LogP contribution in [0, 0.1) is 0 Å². The number of Topliss-reactive ketones (excluding diaryl/α,β-unsaturated/α-hetero) is 1. The molecule has 3 heterocycles. The molecular formula is C11H6Cl2N4O2S. The van der Waals surface area contributed by atoms with Crippen LogP contribution in [0.5, 0.6) is 0 Å². The van der Waals surface area contributed by atoms with E-state index in [9.17, 15) is 9.59 Å². The first-order chi connectivity index (χ1) is 9.56. The van der Waals surface area contributed by atoms with Gasteiger partial charge in [-0.1, -0.05) is 23.2 Å². The van der Waals surface area contributed by atoms with E-state index >= 15 is 0 Å². The lowest BCUT2D eigenvalue weighted by molar-refractivity contribution is 0.0967. The number of hydrogen-bond acceptors (Lipinski definition) is 5. The maximum Gasteiger partial charge on any atom is 0.350 e. The lowest BCUT2D eigenvalue weighted by Gasteiger charge is -1.97. The van der Waals surface area contributed by atoms with Crippen LogP contribution in [-0.2, 0) is 6.54 Å². The Bertz CT molecular complexity index is 867. The Balaban J connectivity index is 1.97. The fourth-order valence-corrected chi connectivity index (χ4v) is 3.23. The van der Waals surface area contributed by atoms with E-state index in [2.05, 4.69) is 10.1 Å². The minimum atomic E-state index is -0.409. The fourth-order valence-electron chi connectivity index (χ4n) is 1.73. The van der Waals surface area contributed by atoms with Gasteiger partial charge in [-0.05, 0) is 6.07 Å². The predicted octanol–water partition coefficient (Wildman–Crippen LogP) is 2.14. The average molecular weight is 329 g/mol. The molecule has 0 radical (unpaired) electrons. The van der Waals surface area contributed by atoms with Crippen LogP contribution in [0.2, 0.25) is 8.67 Å². The second-order valence-corrected chi connectivity index (χ2v) is 6.19. The Morgan fingerprint density at radius 2 is 2.20 bits per heavy atom. The van der Waals surface area contributed by atoms with Crippen LogP contribution in [0.15, 0.2) is 29.5 Å². The van der Waals surface area contributed by atoms with Crippen LogP contribution in [0.1, 0.15) is 10.4 Å². The fraction of sp³-hybridized carbons (Fsp3) is 0.0909. The molecule has 0 bridgehead atoms. The molecule has 3 aromatic heterocycles. The summed E-state index contributed by atoms with van der Waals surface area (Å²) >= 11 is 12.8. The van der Waals surface area contributed by atoms with Crippen molar-refractivity contribution >= 4 is 46.0 Å². The molecule has 0 aromatic carbocycles. The number of carbonyl (C=O) groups is 1. The summed E-state index contributed by atoms with van der Waals surface area (Å²) in [5.41, 5.74) is 0.261. The third kappa shape index (κ3) is 2.24. The highest BCUT2D eigenvalue weighted by Gasteiger charge is 2.17. The number of halogens is 2. The molecule has 0 saturated heterocycles. The van der Waals surface area contributed by atoms with Crippen molar-refractivity contribution in [3.63, 3.8) is 0 Å². The molecule has 0 aliphatic heterocycles. The molecule has 6 nitrogen and oxygen atoms in total. The van der Waals surface area contributed by atoms with Gasteiger partial charge in [-0.3, -0.25) is 9.78 Å². The normalized spacial score (nSPS) is 11.1. The molecule has 0 N–H and O–H groups in total. The molecule has 0 atom stereocenters. The van der Waals surface area contributed by atoms with E-state index in [4.69, 9.17) is 23.2 Å². The zero-order valence-corrected chi connectivity index (χ0v) is 12.1. The van der Waals surface area contributed by atoms with Crippen LogP contribution < -0.4 is 5.69 Å². The minimum Gasteiger partial charge on any atom is -0.292 e. The monoisotopic (exact) mass is 328 g/mol. The highest BCUT2D eigenvalue weighted by atomic mass is 35.5. The number of thiophene rings is 1. The van der Waals surface area contributed by atoms with Gasteiger partial charge in [0.15, 0.2) is 11.4 Å². The molecule has 0 aliphatic carbocycles. The summed E-state index contributed by atoms with van der Waals surface area (Å²) < 4.78 is 3.10. The van der Waals surface area contributed by atoms with Gasteiger partial charge in [0.2, 0.25) is 0 Å². The number of hydrogen-bond donors (Lipinski definition) is 0. The van der Waals surface area contributed by atoms with Gasteiger partial charge in [0.25, 0.3) is 0 Å². The topological polar surface area (TPSA) is 69.3 Å². The van der Waals surface area contributed by atoms with Crippen LogP contribution in [0.4, 0.5) is 0 Å². The van der Waals surface area contributed by atoms with Gasteiger partial charge in [-0.15, -0.1) is 16.4 Å². The first kappa shape index (κ1) is 13.3. The molecule has 20 heavy (non-hydrogen) atoms. The lowest BCUT2D eigenvalue weighted by atomic mass is 10.2. The van der Waals surface area contributed by atoms with Crippen molar-refractivity contribution in [2.75, 3.05) is 0 Å². The third-order valence-corrected chi connectivity index (χ3v) is 4.13. The molecule has 0 spiro atoms. The molecule has 3 aromatic rings. The predicted molar refractivity (Wildman–Crippen MR) is 75.9 cm³/mol. The van der Waals surface area contributed by atoms with Crippen molar-refractivity contribution < 1.29 is 4.79 Å². The average Bonchev–Trinajstić information content (AvgIpc) is 2.91. The van der Waals surface area contributed by atoms with E-state index in [1.165, 1.54) is 29.1 Å². The zero-order valence-electron chi connectivity index (χ0n) is 9.79. The van der Waals surface area contributed by atoms with E-state index < -0.39 is 5.69 Å². The molecule has 102 valence electrons. The highest BCUT2D eigenvalue weighted by molar-refractivity contribution is 7.20. The number of fused-ring (bicyclic) bond motifs is 1. The standard InChI is InChI=1S/C11H6Cl2N4O2S/c12-8-3-6(10(13)20-8)7(18)5-17-11(19)16-2-1-14-4-9(16)15-17/h1-4H,5H2. The zero-order chi connectivity index (χ0) is 14.3. The molecule has 9 heteroatoms. The smallest absolute Gasteiger partial charge is 0.292 e. The van der Waals surface area contributed by atoms with Crippen LogP contribution in [0.25, 0.3) is 5.65 Å². The molecule has 0 fully saturated rings. The molecule has 0 saturated carbocycles. The summed E-state index contributed by atoms with van der Waals surface area (Å²) in [5.74, 6) is -0.323. The maximum atomic E-state index is 12.1. The van der Waals surface area contributed by atoms with E-state index in [0.717, 1.165) is 16.0 Å². The van der Waals surface area contributed by atoms with Crippen LogP contribution in [-0.4, -0.2) is 24.9 Å². The summed E-state index contributed by atoms with van der Waals surface area (Å²) in [6.45, 7) is -0.201. The summed E-state index contributed by atoms with van der Waals surface area (Å²) in [7, 11) is 0. The number of aromatic nitrogens is 4. The maximum absolute atomic E-state index is 12.1. The summed E-state index contributed by atoms with van der Waals surface area (Å²) in [5, 5.41) is 4.03. The van der Waals surface area contributed by atoms with Crippen molar-refractivity contribution in [1.29, 1.82) is 0 Å². The van der Waals surface area contributed by atoms with E-state index in [1.807, 2.05) is 0 Å². The Morgan fingerprint density at radius 3 is 2.85 bits per heavy atom. The largest absolute Gasteiger partial charge is 0.350 e. The Labute approximate surface area is 126 Å². The molecule has 0 aliphatic rings. The quantitative estimate of drug-likeness (QED) is 0.691. The van der Waals surface area contributed by atoms with Crippen molar-refractivity contribution in [3.8, 4) is 0 Å². The molecular weight excluding hydrogens is 323 g/mol. The van der Waals surface area contributed by atoms with Crippen LogP contribution in [0.3, 0.4) is 0 Å². The Morgan fingerprint density at radius 1 is 1.40 bits per heavy atom. The van der Waals surface area contributed by atoms with Crippen molar-refractivity contribution in [3.05, 3.63) is 49.4 Å². The van der Waals surface area contributed by atoms with Gasteiger partial charge >= 0.3 is 5.69 Å². The van der Waals surface area contributed by atoms with Gasteiger partial charge in [-0.25, -0.2) is 13.9 Å². The molecule has 0 unspecified atom stereocenters. The highest BCUT2D eigenvalue weighted by Crippen LogP contribution is 2.31. The van der Waals surface area contributed by atoms with Crippen LogP contribution >= 0.6 is 34.5 Å². The Kier molecular flexibility index (Phi) is 3.33. The van der Waals surface area contributed by atoms with Gasteiger partial charge in [-0.2, -0.15) is 0 Å². The van der Waals surface area contributed by atoms with Gasteiger partial charge < -0.3 is 0 Å². The number of ketones is 1. The second-order valence-electron chi connectivity index (χ2n) is 3.91. The number of rotatable bonds is 3. The summed E-state index contributed by atoms with van der Waals surface area (Å²) in [6.07, 6.45) is 4.40. The number of nitrogens with zero attached hydrogens (tertiary/aromatic N) is 4. The number of carbonyl (C=O) groups excluding carboxylic acids is 1. The molecule has 0 amide bonds. The molecule has 3 rings (SSSR count). The second kappa shape index (κ2) is 5.01. The summed E-state index contributed by atoms with van der Waals surface area (Å²) in [4.78, 5) is 28.0. The SMILES string of the molecule is O=C(Cn1nc2cnccn2c1=O)c1cc(Cl)sc1Cl. The summed E-state index contributed by atoms with van der Waals surface area (Å²) in [6, 6.07) is 1.49. The lowest BCUT2D eigenvalue weighted by Crippen LogP contribution is -2.25. The minimum absolute atomic E-state index is 0.201. The first-order valence-corrected chi connectivity index (χ1v) is 7.01. The van der Waals surface area contributed by atoms with Gasteiger partial charge in [0.1, 0.15) is 10.9 Å². The van der Waals surface area contributed by atoms with Gasteiger partial charge in [0, 0.05) is 12.4 Å². The first-order valence-electron chi connectivity index (χ1n) is 5.43. The third-order valence-electron chi connectivity index (χ3n) is 2.64. The van der Waals surface area contributed by atoms with E-state index in [0.29, 0.717) is 19.9 Å². The van der Waals surface area contributed by atoms with Gasteiger partial charge in [0.05, 0.1) is 16.1 Å². The van der Waals surface area contributed by atoms with Crippen molar-refractivity contribution in [1.82, 2.24) is 19.2 Å².